The number of benzene rings is 1. The van der Waals surface area contributed by atoms with Crippen molar-refractivity contribution in [3.63, 3.8) is 0 Å². The lowest BCUT2D eigenvalue weighted by Gasteiger charge is -2.22. The molecular formula is C12H16N4. The molecule has 84 valence electrons. The Morgan fingerprint density at radius 2 is 2.31 bits per heavy atom. The standard InChI is InChI=1S/C12H16N4/c1-10-12(14-15-13)7-8-16(10)9-11-5-3-2-4-6-11/h2-6,10,12H,7-9H2,1H3/t10-,12?/m1/s1/i2D,3D,4D,5D,6D. The molecule has 0 amide bonds. The van der Waals surface area contributed by atoms with Crippen LogP contribution in [0, 0.1) is 0 Å². The summed E-state index contributed by atoms with van der Waals surface area (Å²) in [4.78, 5) is 4.80. The fraction of sp³-hybridized carbons (Fsp3) is 0.500. The molecule has 1 aromatic rings. The van der Waals surface area contributed by atoms with Gasteiger partial charge in [-0.25, -0.2) is 0 Å². The molecule has 4 nitrogen and oxygen atoms in total. The van der Waals surface area contributed by atoms with E-state index in [1.165, 1.54) is 0 Å². The molecule has 4 heteroatoms. The summed E-state index contributed by atoms with van der Waals surface area (Å²) >= 11 is 0. The molecule has 1 aliphatic rings. The van der Waals surface area contributed by atoms with Gasteiger partial charge in [-0.1, -0.05) is 35.3 Å². The van der Waals surface area contributed by atoms with Crippen LogP contribution in [-0.2, 0) is 6.54 Å². The predicted octanol–water partition coefficient (Wildman–Crippen LogP) is 2.96. The Bertz CT molecular complexity index is 585. The van der Waals surface area contributed by atoms with E-state index < -0.39 is 0 Å². The van der Waals surface area contributed by atoms with Crippen molar-refractivity contribution in [1.29, 1.82) is 0 Å². The van der Waals surface area contributed by atoms with Crippen LogP contribution in [0.15, 0.2) is 35.3 Å². The van der Waals surface area contributed by atoms with Gasteiger partial charge >= 0.3 is 0 Å². The number of hydrogen-bond donors (Lipinski definition) is 0. The Kier molecular flexibility index (Phi) is 1.97. The molecule has 2 rings (SSSR count). The Balaban J connectivity index is 2.31. The van der Waals surface area contributed by atoms with Crippen molar-refractivity contribution in [2.75, 3.05) is 6.54 Å². The number of nitrogens with zero attached hydrogens (tertiary/aromatic N) is 4. The summed E-state index contributed by atoms with van der Waals surface area (Å²) in [7, 11) is 0. The lowest BCUT2D eigenvalue weighted by atomic mass is 10.1. The van der Waals surface area contributed by atoms with Crippen molar-refractivity contribution in [3.8, 4) is 0 Å². The zero-order valence-corrected chi connectivity index (χ0v) is 9.06. The molecule has 0 aromatic heterocycles. The van der Waals surface area contributed by atoms with Crippen LogP contribution in [0.5, 0.6) is 0 Å². The second kappa shape index (κ2) is 5.01. The Morgan fingerprint density at radius 1 is 1.56 bits per heavy atom. The van der Waals surface area contributed by atoms with E-state index in [9.17, 15) is 0 Å². The highest BCUT2D eigenvalue weighted by molar-refractivity contribution is 5.15. The highest BCUT2D eigenvalue weighted by Gasteiger charge is 2.29. The molecular weight excluding hydrogens is 200 g/mol. The molecule has 0 aliphatic carbocycles. The average Bonchev–Trinajstić information content (AvgIpc) is 2.81. The van der Waals surface area contributed by atoms with E-state index in [-0.39, 0.29) is 54.4 Å². The van der Waals surface area contributed by atoms with E-state index in [0.717, 1.165) is 0 Å². The van der Waals surface area contributed by atoms with E-state index >= 15 is 0 Å². The summed E-state index contributed by atoms with van der Waals surface area (Å²) in [6.45, 7) is 2.85. The second-order valence-corrected chi connectivity index (χ2v) is 3.88. The van der Waals surface area contributed by atoms with Gasteiger partial charge in [-0.2, -0.15) is 0 Å². The van der Waals surface area contributed by atoms with Crippen LogP contribution >= 0.6 is 0 Å². The van der Waals surface area contributed by atoms with E-state index in [4.69, 9.17) is 12.4 Å². The first-order chi connectivity index (χ1) is 9.88. The fourth-order valence-corrected chi connectivity index (χ4v) is 1.99. The molecule has 1 unspecified atom stereocenters. The number of hydrogen-bond acceptors (Lipinski definition) is 2. The van der Waals surface area contributed by atoms with Crippen molar-refractivity contribution in [2.45, 2.75) is 32.0 Å². The molecule has 0 radical (unpaired) electrons. The minimum Gasteiger partial charge on any atom is -0.296 e. The van der Waals surface area contributed by atoms with Gasteiger partial charge in [0.1, 0.15) is 0 Å². The zero-order chi connectivity index (χ0) is 15.7. The minimum atomic E-state index is -0.379. The number of likely N-dealkylation sites (tertiary alicyclic amines) is 1. The topological polar surface area (TPSA) is 52.0 Å². The van der Waals surface area contributed by atoms with Gasteiger partial charge in [-0.3, -0.25) is 4.90 Å². The van der Waals surface area contributed by atoms with Gasteiger partial charge < -0.3 is 0 Å². The van der Waals surface area contributed by atoms with Crippen LogP contribution < -0.4 is 0 Å². The highest BCUT2D eigenvalue weighted by atomic mass is 15.2. The summed E-state index contributed by atoms with van der Waals surface area (Å²) in [5, 5.41) is 3.73. The normalized spacial score (nSPS) is 29.7. The SMILES string of the molecule is [2H]c1c([2H])c([2H])c(CN2CCC(N=[N+]=[N-])[C@H]2C)c([2H])c1[2H]. The maximum Gasteiger partial charge on any atom is 0.0626 e. The quantitative estimate of drug-likeness (QED) is 0.440. The summed E-state index contributed by atoms with van der Waals surface area (Å²) in [6, 6.07) is -1.50. The van der Waals surface area contributed by atoms with E-state index in [1.807, 2.05) is 11.8 Å². The van der Waals surface area contributed by atoms with Gasteiger partial charge in [0.15, 0.2) is 0 Å². The van der Waals surface area contributed by atoms with Crippen molar-refractivity contribution in [2.24, 2.45) is 5.11 Å². The molecule has 2 atom stereocenters. The molecule has 0 N–H and O–H groups in total. The van der Waals surface area contributed by atoms with Crippen molar-refractivity contribution >= 4 is 0 Å². The minimum absolute atomic E-state index is 0.0151. The highest BCUT2D eigenvalue weighted by Crippen LogP contribution is 2.22. The third-order valence-electron chi connectivity index (χ3n) is 2.96. The van der Waals surface area contributed by atoms with Crippen molar-refractivity contribution < 1.29 is 6.85 Å². The summed E-state index contributed by atoms with van der Waals surface area (Å²) < 4.78 is 38.8. The molecule has 1 fully saturated rings. The molecule has 1 saturated heterocycles. The molecule has 1 heterocycles. The van der Waals surface area contributed by atoms with Crippen LogP contribution in [0.4, 0.5) is 0 Å². The van der Waals surface area contributed by atoms with Gasteiger partial charge in [0, 0.05) is 17.5 Å². The Labute approximate surface area is 103 Å². The third-order valence-corrected chi connectivity index (χ3v) is 2.96. The zero-order valence-electron chi connectivity index (χ0n) is 14.1. The van der Waals surface area contributed by atoms with Gasteiger partial charge in [-0.05, 0) is 31.0 Å². The lowest BCUT2D eigenvalue weighted by Crippen LogP contribution is -2.30. The molecule has 1 aliphatic heterocycles. The van der Waals surface area contributed by atoms with Crippen LogP contribution in [0.25, 0.3) is 10.4 Å². The van der Waals surface area contributed by atoms with E-state index in [1.54, 1.807) is 0 Å². The number of rotatable bonds is 3. The average molecular weight is 221 g/mol. The first-order valence-corrected chi connectivity index (χ1v) is 5.22. The van der Waals surface area contributed by atoms with Gasteiger partial charge in [0.2, 0.25) is 0 Å². The predicted molar refractivity (Wildman–Crippen MR) is 63.9 cm³/mol. The first kappa shape index (κ1) is 6.28. The van der Waals surface area contributed by atoms with Crippen LogP contribution in [0.1, 0.15) is 25.8 Å². The fourth-order valence-electron chi connectivity index (χ4n) is 1.99. The summed E-state index contributed by atoms with van der Waals surface area (Å²) in [6.07, 6.45) is 0.712. The molecule has 1 aromatic carbocycles. The van der Waals surface area contributed by atoms with E-state index in [2.05, 4.69) is 10.0 Å². The monoisotopic (exact) mass is 221 g/mol. The van der Waals surface area contributed by atoms with Crippen molar-refractivity contribution in [3.05, 3.63) is 46.2 Å². The van der Waals surface area contributed by atoms with E-state index in [0.29, 0.717) is 13.0 Å². The molecule has 0 spiro atoms. The smallest absolute Gasteiger partial charge is 0.0626 e. The maximum absolute atomic E-state index is 8.52. The van der Waals surface area contributed by atoms with Crippen molar-refractivity contribution in [1.82, 2.24) is 4.90 Å². The maximum atomic E-state index is 8.52. The Hall–Kier alpha value is -1.51. The van der Waals surface area contributed by atoms with Gasteiger partial charge in [-0.15, -0.1) is 0 Å². The molecule has 16 heavy (non-hydrogen) atoms. The molecule has 0 saturated carbocycles. The first-order valence-electron chi connectivity index (χ1n) is 7.72. The Morgan fingerprint density at radius 3 is 3.00 bits per heavy atom. The lowest BCUT2D eigenvalue weighted by molar-refractivity contribution is 0.251. The summed E-state index contributed by atoms with van der Waals surface area (Å²) in [5.41, 5.74) is 8.81. The van der Waals surface area contributed by atoms with Crippen LogP contribution in [0.2, 0.25) is 0 Å². The molecule has 0 bridgehead atoms. The van der Waals surface area contributed by atoms with Crippen LogP contribution in [-0.4, -0.2) is 23.5 Å². The number of azide groups is 1. The van der Waals surface area contributed by atoms with Gasteiger partial charge in [0.25, 0.3) is 0 Å². The second-order valence-electron chi connectivity index (χ2n) is 3.88. The van der Waals surface area contributed by atoms with Gasteiger partial charge in [0.05, 0.1) is 12.9 Å². The largest absolute Gasteiger partial charge is 0.296 e. The summed E-state index contributed by atoms with van der Waals surface area (Å²) in [5.74, 6) is 0. The van der Waals surface area contributed by atoms with Crippen LogP contribution in [0.3, 0.4) is 0 Å². The third kappa shape index (κ3) is 2.35.